The van der Waals surface area contributed by atoms with Crippen molar-refractivity contribution in [2.45, 2.75) is 6.10 Å². The van der Waals surface area contributed by atoms with E-state index in [-0.39, 0.29) is 12.2 Å². The highest BCUT2D eigenvalue weighted by Crippen LogP contribution is 2.01. The molecule has 1 saturated heterocycles. The normalized spacial score (nSPS) is 20.0. The Labute approximate surface area is 80.7 Å². The number of nitrogens with one attached hydrogen (secondary N) is 2. The lowest BCUT2D eigenvalue weighted by Gasteiger charge is -2.08. The largest absolute Gasteiger partial charge is 0.442 e. The van der Waals surface area contributed by atoms with E-state index in [2.05, 4.69) is 20.6 Å². The van der Waals surface area contributed by atoms with Crippen LogP contribution in [0.1, 0.15) is 0 Å². The van der Waals surface area contributed by atoms with Gasteiger partial charge in [-0.15, -0.1) is 0 Å². The van der Waals surface area contributed by atoms with Gasteiger partial charge in [-0.2, -0.15) is 0 Å². The van der Waals surface area contributed by atoms with Crippen LogP contribution in [0.2, 0.25) is 0 Å². The fourth-order valence-corrected chi connectivity index (χ4v) is 1.14. The van der Waals surface area contributed by atoms with Gasteiger partial charge in [0.25, 0.3) is 0 Å². The number of hydrogen-bond donors (Lipinski definition) is 2. The smallest absolute Gasteiger partial charge is 0.407 e. The minimum absolute atomic E-state index is 0.147. The van der Waals surface area contributed by atoms with Gasteiger partial charge in [0.05, 0.1) is 13.1 Å². The van der Waals surface area contributed by atoms with Gasteiger partial charge in [0, 0.05) is 12.4 Å². The summed E-state index contributed by atoms with van der Waals surface area (Å²) in [5.74, 6) is 0.537. The van der Waals surface area contributed by atoms with E-state index in [0.29, 0.717) is 19.0 Å². The summed E-state index contributed by atoms with van der Waals surface area (Å²) in [5, 5.41) is 5.53. The second kappa shape index (κ2) is 3.91. The van der Waals surface area contributed by atoms with E-state index in [1.807, 2.05) is 0 Å². The molecule has 1 aliphatic rings. The second-order valence-corrected chi connectivity index (χ2v) is 2.86. The highest BCUT2D eigenvalue weighted by Gasteiger charge is 2.21. The van der Waals surface area contributed by atoms with Gasteiger partial charge in [0.15, 0.2) is 0 Å². The highest BCUT2D eigenvalue weighted by atomic mass is 16.6. The van der Waals surface area contributed by atoms with Crippen molar-refractivity contribution in [3.05, 3.63) is 18.5 Å². The first kappa shape index (κ1) is 8.74. The van der Waals surface area contributed by atoms with Crippen LogP contribution in [-0.4, -0.2) is 35.3 Å². The lowest BCUT2D eigenvalue weighted by Crippen LogP contribution is -2.24. The van der Waals surface area contributed by atoms with Gasteiger partial charge in [0.2, 0.25) is 5.95 Å². The van der Waals surface area contributed by atoms with E-state index in [1.54, 1.807) is 18.5 Å². The summed E-state index contributed by atoms with van der Waals surface area (Å²) in [6.07, 6.45) is 2.78. The zero-order valence-corrected chi connectivity index (χ0v) is 7.43. The van der Waals surface area contributed by atoms with Crippen molar-refractivity contribution >= 4 is 12.0 Å². The maximum Gasteiger partial charge on any atom is 0.407 e. The molecule has 0 aromatic carbocycles. The third kappa shape index (κ3) is 2.09. The van der Waals surface area contributed by atoms with E-state index in [4.69, 9.17) is 4.74 Å². The summed E-state index contributed by atoms with van der Waals surface area (Å²) in [5.41, 5.74) is 0. The molecule has 1 aromatic heterocycles. The number of aromatic nitrogens is 2. The van der Waals surface area contributed by atoms with E-state index >= 15 is 0 Å². The molecule has 0 bridgehead atoms. The number of ether oxygens (including phenoxy) is 1. The molecule has 2 heterocycles. The van der Waals surface area contributed by atoms with Crippen LogP contribution < -0.4 is 10.6 Å². The Balaban J connectivity index is 1.80. The third-order valence-corrected chi connectivity index (χ3v) is 1.80. The number of amides is 1. The number of anilines is 1. The number of carbonyl (C=O) groups is 1. The monoisotopic (exact) mass is 194 g/mol. The standard InChI is InChI=1S/C8H10N4O2/c13-8-12-5-6(14-8)4-11-7-9-2-1-3-10-7/h1-3,6H,4-5H2,(H,12,13)(H,9,10,11)/t6-/m0/s1. The highest BCUT2D eigenvalue weighted by molar-refractivity contribution is 5.69. The summed E-state index contributed by atoms with van der Waals surface area (Å²) in [4.78, 5) is 18.6. The number of rotatable bonds is 3. The van der Waals surface area contributed by atoms with Gasteiger partial charge in [-0.1, -0.05) is 0 Å². The summed E-state index contributed by atoms with van der Waals surface area (Å²) in [7, 11) is 0. The molecule has 1 amide bonds. The molecule has 0 aliphatic carbocycles. The van der Waals surface area contributed by atoms with Crippen molar-refractivity contribution in [3.8, 4) is 0 Å². The van der Waals surface area contributed by atoms with Gasteiger partial charge in [-0.05, 0) is 6.07 Å². The Hall–Kier alpha value is -1.85. The molecule has 0 unspecified atom stereocenters. The van der Waals surface area contributed by atoms with Gasteiger partial charge in [-0.25, -0.2) is 14.8 Å². The number of cyclic esters (lactones) is 1. The fraction of sp³-hybridized carbons (Fsp3) is 0.375. The number of carbonyl (C=O) groups excluding carboxylic acids is 1. The molecule has 1 aromatic rings. The summed E-state index contributed by atoms with van der Waals surface area (Å²) in [6, 6.07) is 1.74. The molecule has 1 aliphatic heterocycles. The first-order chi connectivity index (χ1) is 6.84. The minimum Gasteiger partial charge on any atom is -0.442 e. The Morgan fingerprint density at radius 2 is 2.36 bits per heavy atom. The first-order valence-corrected chi connectivity index (χ1v) is 4.30. The molecule has 6 nitrogen and oxygen atoms in total. The fourth-order valence-electron chi connectivity index (χ4n) is 1.14. The molecule has 2 N–H and O–H groups in total. The Morgan fingerprint density at radius 1 is 1.57 bits per heavy atom. The zero-order chi connectivity index (χ0) is 9.80. The molecule has 14 heavy (non-hydrogen) atoms. The predicted octanol–water partition coefficient (Wildman–Crippen LogP) is -0.00310. The minimum atomic E-state index is -0.370. The molecule has 2 rings (SSSR count). The van der Waals surface area contributed by atoms with Crippen molar-refractivity contribution in [2.75, 3.05) is 18.4 Å². The molecule has 1 fully saturated rings. The summed E-state index contributed by atoms with van der Waals surface area (Å²) < 4.78 is 4.91. The Bertz CT molecular complexity index is 316. The average molecular weight is 194 g/mol. The van der Waals surface area contributed by atoms with Crippen LogP contribution in [0, 0.1) is 0 Å². The first-order valence-electron chi connectivity index (χ1n) is 4.30. The number of hydrogen-bond acceptors (Lipinski definition) is 5. The van der Waals surface area contributed by atoms with Crippen molar-refractivity contribution in [2.24, 2.45) is 0 Å². The van der Waals surface area contributed by atoms with Crippen LogP contribution in [0.3, 0.4) is 0 Å². The molecule has 0 radical (unpaired) electrons. The Morgan fingerprint density at radius 3 is 3.00 bits per heavy atom. The van der Waals surface area contributed by atoms with Gasteiger partial charge in [0.1, 0.15) is 6.10 Å². The third-order valence-electron chi connectivity index (χ3n) is 1.80. The lowest BCUT2D eigenvalue weighted by atomic mass is 10.3. The van der Waals surface area contributed by atoms with Gasteiger partial charge >= 0.3 is 6.09 Å². The summed E-state index contributed by atoms with van der Waals surface area (Å²) >= 11 is 0. The lowest BCUT2D eigenvalue weighted by molar-refractivity contribution is 0.145. The van der Waals surface area contributed by atoms with Crippen LogP contribution >= 0.6 is 0 Å². The number of alkyl carbamates (subject to hydrolysis) is 1. The van der Waals surface area contributed by atoms with E-state index < -0.39 is 0 Å². The average Bonchev–Trinajstić information content (AvgIpc) is 2.63. The predicted molar refractivity (Wildman–Crippen MR) is 48.8 cm³/mol. The van der Waals surface area contributed by atoms with Crippen molar-refractivity contribution in [1.29, 1.82) is 0 Å². The van der Waals surface area contributed by atoms with E-state index in [1.165, 1.54) is 0 Å². The molecule has 6 heteroatoms. The van der Waals surface area contributed by atoms with Crippen LogP contribution in [0.5, 0.6) is 0 Å². The zero-order valence-electron chi connectivity index (χ0n) is 7.43. The molecule has 0 spiro atoms. The molecule has 74 valence electrons. The van der Waals surface area contributed by atoms with Crippen LogP contribution in [0.15, 0.2) is 18.5 Å². The topological polar surface area (TPSA) is 76.1 Å². The maximum atomic E-state index is 10.7. The van der Waals surface area contributed by atoms with Crippen molar-refractivity contribution in [1.82, 2.24) is 15.3 Å². The molecule has 0 saturated carbocycles. The van der Waals surface area contributed by atoms with E-state index in [9.17, 15) is 4.79 Å². The van der Waals surface area contributed by atoms with Gasteiger partial charge in [-0.3, -0.25) is 0 Å². The van der Waals surface area contributed by atoms with E-state index in [0.717, 1.165) is 0 Å². The molecule has 1 atom stereocenters. The van der Waals surface area contributed by atoms with Crippen molar-refractivity contribution < 1.29 is 9.53 Å². The van der Waals surface area contributed by atoms with Crippen LogP contribution in [0.4, 0.5) is 10.7 Å². The van der Waals surface area contributed by atoms with Crippen LogP contribution in [0.25, 0.3) is 0 Å². The maximum absolute atomic E-state index is 10.7. The quantitative estimate of drug-likeness (QED) is 0.708. The molecular formula is C8H10N4O2. The SMILES string of the molecule is O=C1NC[C@H](CNc2ncccn2)O1. The van der Waals surface area contributed by atoms with Crippen molar-refractivity contribution in [3.63, 3.8) is 0 Å². The summed E-state index contributed by atoms with van der Waals surface area (Å²) in [6.45, 7) is 1.04. The number of nitrogens with zero attached hydrogens (tertiary/aromatic N) is 2. The second-order valence-electron chi connectivity index (χ2n) is 2.86. The van der Waals surface area contributed by atoms with Crippen LogP contribution in [-0.2, 0) is 4.74 Å². The van der Waals surface area contributed by atoms with Gasteiger partial charge < -0.3 is 15.4 Å². The Kier molecular flexibility index (Phi) is 2.44. The molecular weight excluding hydrogens is 184 g/mol.